The van der Waals surface area contributed by atoms with E-state index in [2.05, 4.69) is 38.3 Å². The Hall–Kier alpha value is -2.87. The molecular weight excluding hydrogens is 406 g/mol. The van der Waals surface area contributed by atoms with E-state index in [0.29, 0.717) is 12.5 Å². The molecule has 32 heavy (non-hydrogen) atoms. The van der Waals surface area contributed by atoms with Crippen LogP contribution in [-0.2, 0) is 23.1 Å². The molecule has 1 fully saturated rings. The lowest BCUT2D eigenvalue weighted by molar-refractivity contribution is -0.119. The van der Waals surface area contributed by atoms with E-state index < -0.39 is 0 Å². The molecule has 170 valence electrons. The number of H-pyrrole nitrogens is 1. The molecule has 0 radical (unpaired) electrons. The predicted octanol–water partition coefficient (Wildman–Crippen LogP) is 1.12. The molecule has 1 aromatic carbocycles. The molecule has 0 atom stereocenters. The fourth-order valence-corrected chi connectivity index (χ4v) is 5.61. The topological polar surface area (TPSA) is 102 Å². The van der Waals surface area contributed by atoms with Crippen molar-refractivity contribution in [3.05, 3.63) is 51.4 Å². The molecule has 3 heterocycles. The molecule has 1 amide bonds. The summed E-state index contributed by atoms with van der Waals surface area (Å²) in [4.78, 5) is 37.1. The van der Waals surface area contributed by atoms with Crippen LogP contribution in [0.3, 0.4) is 0 Å². The second kappa shape index (κ2) is 8.58. The lowest BCUT2D eigenvalue weighted by Crippen LogP contribution is -2.47. The number of carbonyl (C=O) groups excluding carboxylic acids is 1. The maximum Gasteiger partial charge on any atom is 0.255 e. The van der Waals surface area contributed by atoms with E-state index >= 15 is 0 Å². The summed E-state index contributed by atoms with van der Waals surface area (Å²) in [6.07, 6.45) is 5.78. The summed E-state index contributed by atoms with van der Waals surface area (Å²) in [7, 11) is 0. The molecule has 0 saturated carbocycles. The van der Waals surface area contributed by atoms with E-state index in [4.69, 9.17) is 10.1 Å². The van der Waals surface area contributed by atoms with Crippen LogP contribution in [0, 0.1) is 0 Å². The Morgan fingerprint density at radius 3 is 2.78 bits per heavy atom. The Morgan fingerprint density at radius 2 is 1.97 bits per heavy atom. The molecule has 8 heteroatoms. The van der Waals surface area contributed by atoms with Gasteiger partial charge in [0.05, 0.1) is 18.8 Å². The van der Waals surface area contributed by atoms with Crippen LogP contribution in [0.15, 0.2) is 29.1 Å². The molecule has 0 bridgehead atoms. The van der Waals surface area contributed by atoms with E-state index in [1.54, 1.807) is 0 Å². The van der Waals surface area contributed by atoms with Gasteiger partial charge in [-0.3, -0.25) is 14.6 Å². The number of fused-ring (bicyclic) bond motifs is 3. The van der Waals surface area contributed by atoms with E-state index in [0.717, 1.165) is 75.1 Å². The zero-order valence-electron chi connectivity index (χ0n) is 18.4. The number of benzene rings is 1. The normalized spacial score (nSPS) is 19.0. The van der Waals surface area contributed by atoms with Crippen LogP contribution in [0.4, 0.5) is 11.6 Å². The summed E-state index contributed by atoms with van der Waals surface area (Å²) in [5.74, 6) is 0.635. The van der Waals surface area contributed by atoms with Crippen molar-refractivity contribution < 1.29 is 9.90 Å². The number of rotatable bonds is 5. The molecule has 0 unspecified atom stereocenters. The van der Waals surface area contributed by atoms with Crippen LogP contribution in [0.25, 0.3) is 0 Å². The third kappa shape index (κ3) is 3.77. The van der Waals surface area contributed by atoms with Crippen molar-refractivity contribution in [2.75, 3.05) is 49.1 Å². The first-order valence-corrected chi connectivity index (χ1v) is 11.7. The van der Waals surface area contributed by atoms with Gasteiger partial charge >= 0.3 is 0 Å². The summed E-state index contributed by atoms with van der Waals surface area (Å²) in [5.41, 5.74) is 4.30. The first-order valence-electron chi connectivity index (χ1n) is 11.7. The molecule has 3 N–H and O–H groups in total. The number of piperidine rings is 1. The Bertz CT molecular complexity index is 1060. The van der Waals surface area contributed by atoms with Gasteiger partial charge in [0.15, 0.2) is 0 Å². The SMILES string of the molecule is O=C(CN1CC2(CCN(c3nc4c(c(=O)[nH]3)CCCC4)CC2)c2ccccc21)NCCO. The van der Waals surface area contributed by atoms with Crippen molar-refractivity contribution in [1.82, 2.24) is 15.3 Å². The van der Waals surface area contributed by atoms with Crippen molar-refractivity contribution in [2.45, 2.75) is 43.9 Å². The average Bonchev–Trinajstić information content (AvgIpc) is 3.11. The smallest absolute Gasteiger partial charge is 0.255 e. The van der Waals surface area contributed by atoms with Gasteiger partial charge in [-0.25, -0.2) is 4.98 Å². The number of aromatic amines is 1. The number of carbonyl (C=O) groups is 1. The minimum Gasteiger partial charge on any atom is -0.395 e. The molecule has 1 aliphatic carbocycles. The van der Waals surface area contributed by atoms with Crippen molar-refractivity contribution in [1.29, 1.82) is 0 Å². The van der Waals surface area contributed by atoms with Gasteiger partial charge in [-0.2, -0.15) is 0 Å². The number of nitrogens with zero attached hydrogens (tertiary/aromatic N) is 3. The first kappa shape index (κ1) is 21.0. The Kier molecular flexibility index (Phi) is 5.63. The maximum atomic E-state index is 12.6. The molecular formula is C24H31N5O3. The van der Waals surface area contributed by atoms with Gasteiger partial charge in [0, 0.05) is 42.8 Å². The number of aromatic nitrogens is 2. The number of nitrogens with one attached hydrogen (secondary N) is 2. The summed E-state index contributed by atoms with van der Waals surface area (Å²) in [5, 5.41) is 11.7. The van der Waals surface area contributed by atoms with Gasteiger partial charge in [0.1, 0.15) is 0 Å². The third-order valence-electron chi connectivity index (χ3n) is 7.28. The lowest BCUT2D eigenvalue weighted by atomic mass is 9.74. The van der Waals surface area contributed by atoms with Gasteiger partial charge in [-0.1, -0.05) is 18.2 Å². The van der Waals surface area contributed by atoms with Gasteiger partial charge in [-0.15, -0.1) is 0 Å². The third-order valence-corrected chi connectivity index (χ3v) is 7.28. The van der Waals surface area contributed by atoms with Crippen molar-refractivity contribution in [2.24, 2.45) is 0 Å². The number of aliphatic hydroxyl groups is 1. The van der Waals surface area contributed by atoms with Gasteiger partial charge in [-0.05, 0) is 50.2 Å². The molecule has 1 aromatic heterocycles. The standard InChI is InChI=1S/C24H31N5O3/c30-14-11-25-21(31)15-29-16-24(18-6-2-4-8-20(18)29)9-12-28(13-10-24)23-26-19-7-3-1-5-17(19)22(32)27-23/h2,4,6,8,30H,1,3,5,7,9-16H2,(H,25,31)(H,26,27,32). The average molecular weight is 438 g/mol. The highest BCUT2D eigenvalue weighted by molar-refractivity contribution is 5.82. The largest absolute Gasteiger partial charge is 0.395 e. The molecule has 1 saturated heterocycles. The first-order chi connectivity index (χ1) is 15.6. The molecule has 3 aliphatic rings. The second-order valence-corrected chi connectivity index (χ2v) is 9.24. The van der Waals surface area contributed by atoms with E-state index in [1.807, 2.05) is 6.07 Å². The number of amides is 1. The minimum atomic E-state index is -0.0702. The fraction of sp³-hybridized carbons (Fsp3) is 0.542. The van der Waals surface area contributed by atoms with E-state index in [9.17, 15) is 9.59 Å². The van der Waals surface area contributed by atoms with Crippen LogP contribution in [-0.4, -0.2) is 60.3 Å². The summed E-state index contributed by atoms with van der Waals surface area (Å²) in [6.45, 7) is 2.96. The molecule has 2 aliphatic heterocycles. The maximum absolute atomic E-state index is 12.6. The summed E-state index contributed by atoms with van der Waals surface area (Å²) in [6, 6.07) is 8.38. The Balaban J connectivity index is 1.33. The molecule has 2 aromatic rings. The molecule has 1 spiro atoms. The van der Waals surface area contributed by atoms with Crippen LogP contribution in [0.1, 0.15) is 42.5 Å². The number of aliphatic hydroxyl groups excluding tert-OH is 1. The van der Waals surface area contributed by atoms with Crippen LogP contribution < -0.4 is 20.7 Å². The highest BCUT2D eigenvalue weighted by Crippen LogP contribution is 2.47. The second-order valence-electron chi connectivity index (χ2n) is 9.24. The van der Waals surface area contributed by atoms with Gasteiger partial charge in [0.2, 0.25) is 11.9 Å². The zero-order valence-corrected chi connectivity index (χ0v) is 18.4. The van der Waals surface area contributed by atoms with Gasteiger partial charge < -0.3 is 20.2 Å². The van der Waals surface area contributed by atoms with Crippen molar-refractivity contribution >= 4 is 17.5 Å². The number of para-hydroxylation sites is 1. The van der Waals surface area contributed by atoms with Gasteiger partial charge in [0.25, 0.3) is 5.56 Å². The highest BCUT2D eigenvalue weighted by Gasteiger charge is 2.45. The Morgan fingerprint density at radius 1 is 1.19 bits per heavy atom. The quantitative estimate of drug-likeness (QED) is 0.648. The predicted molar refractivity (Wildman–Crippen MR) is 123 cm³/mol. The number of anilines is 2. The summed E-state index contributed by atoms with van der Waals surface area (Å²) >= 11 is 0. The van der Waals surface area contributed by atoms with E-state index in [-0.39, 0.29) is 30.0 Å². The van der Waals surface area contributed by atoms with Crippen LogP contribution in [0.5, 0.6) is 0 Å². The number of hydrogen-bond donors (Lipinski definition) is 3. The molecule has 5 rings (SSSR count). The lowest BCUT2D eigenvalue weighted by Gasteiger charge is -2.40. The van der Waals surface area contributed by atoms with Crippen LogP contribution in [0.2, 0.25) is 0 Å². The van der Waals surface area contributed by atoms with Crippen molar-refractivity contribution in [3.63, 3.8) is 0 Å². The monoisotopic (exact) mass is 437 g/mol. The summed E-state index contributed by atoms with van der Waals surface area (Å²) < 4.78 is 0. The minimum absolute atomic E-state index is 0.00114. The van der Waals surface area contributed by atoms with E-state index in [1.165, 1.54) is 5.56 Å². The number of aryl methyl sites for hydroxylation is 1. The van der Waals surface area contributed by atoms with Crippen LogP contribution >= 0.6 is 0 Å². The fourth-order valence-electron chi connectivity index (χ4n) is 5.61. The van der Waals surface area contributed by atoms with Crippen molar-refractivity contribution in [3.8, 4) is 0 Å². The zero-order chi connectivity index (χ0) is 22.1. The Labute approximate surface area is 187 Å². The highest BCUT2D eigenvalue weighted by atomic mass is 16.3. The molecule has 8 nitrogen and oxygen atoms in total. The number of hydrogen-bond acceptors (Lipinski definition) is 6.